The Labute approximate surface area is 190 Å². The maximum absolute atomic E-state index is 11.5. The number of anilines is 2. The number of aromatic carboxylic acids is 1. The fourth-order valence-electron chi connectivity index (χ4n) is 5.36. The first-order valence-electron chi connectivity index (χ1n) is 11.6. The van der Waals surface area contributed by atoms with Gasteiger partial charge in [-0.25, -0.2) is 9.78 Å². The van der Waals surface area contributed by atoms with E-state index in [0.717, 1.165) is 35.5 Å². The molecule has 5 heteroatoms. The van der Waals surface area contributed by atoms with Crippen molar-refractivity contribution in [2.45, 2.75) is 72.3 Å². The van der Waals surface area contributed by atoms with Crippen LogP contribution < -0.4 is 5.32 Å². The molecule has 2 N–H and O–H groups in total. The van der Waals surface area contributed by atoms with Crippen LogP contribution in [0.15, 0.2) is 42.5 Å². The average molecular weight is 434 g/mol. The Morgan fingerprint density at radius 2 is 1.81 bits per heavy atom. The lowest BCUT2D eigenvalue weighted by molar-refractivity contribution is 0.0697. The van der Waals surface area contributed by atoms with Crippen molar-refractivity contribution in [2.24, 2.45) is 11.3 Å². The number of aromatic nitrogens is 2. The molecule has 2 aromatic carbocycles. The van der Waals surface area contributed by atoms with E-state index >= 15 is 0 Å². The number of nitrogens with one attached hydrogen (secondary N) is 1. The van der Waals surface area contributed by atoms with Crippen LogP contribution in [0.3, 0.4) is 0 Å². The summed E-state index contributed by atoms with van der Waals surface area (Å²) in [5.74, 6) is 0.473. The summed E-state index contributed by atoms with van der Waals surface area (Å²) in [6.07, 6.45) is 3.38. The van der Waals surface area contributed by atoms with E-state index in [1.165, 1.54) is 12.0 Å². The Kier molecular flexibility index (Phi) is 5.56. The second-order valence-electron chi connectivity index (χ2n) is 11.3. The van der Waals surface area contributed by atoms with Gasteiger partial charge in [0.15, 0.2) is 0 Å². The summed E-state index contributed by atoms with van der Waals surface area (Å²) in [5, 5.41) is 13.0. The summed E-state index contributed by atoms with van der Waals surface area (Å²) in [4.78, 5) is 16.4. The zero-order valence-corrected chi connectivity index (χ0v) is 20.1. The predicted octanol–water partition coefficient (Wildman–Crippen LogP) is 7.16. The molecular formula is C27H35N3O2. The summed E-state index contributed by atoms with van der Waals surface area (Å²) in [7, 11) is 0. The number of benzene rings is 2. The molecule has 1 saturated carbocycles. The van der Waals surface area contributed by atoms with Gasteiger partial charge in [-0.15, -0.1) is 0 Å². The van der Waals surface area contributed by atoms with Gasteiger partial charge < -0.3 is 15.0 Å². The number of nitrogens with zero attached hydrogens (tertiary/aromatic N) is 2. The van der Waals surface area contributed by atoms with E-state index in [4.69, 9.17) is 4.98 Å². The van der Waals surface area contributed by atoms with E-state index < -0.39 is 5.97 Å². The lowest BCUT2D eigenvalue weighted by Crippen LogP contribution is -2.29. The Bertz CT molecular complexity index is 1140. The maximum Gasteiger partial charge on any atom is 0.335 e. The smallest absolute Gasteiger partial charge is 0.335 e. The molecule has 0 radical (unpaired) electrons. The molecule has 4 rings (SSSR count). The maximum atomic E-state index is 11.5. The van der Waals surface area contributed by atoms with Gasteiger partial charge in [0, 0.05) is 11.7 Å². The summed E-state index contributed by atoms with van der Waals surface area (Å²) in [6.45, 7) is 13.6. The minimum absolute atomic E-state index is 0.0999. The average Bonchev–Trinajstić information content (AvgIpc) is 3.03. The Morgan fingerprint density at radius 3 is 2.41 bits per heavy atom. The Hall–Kier alpha value is -2.82. The quantitative estimate of drug-likeness (QED) is 0.458. The number of hydrogen-bond acceptors (Lipinski definition) is 3. The molecule has 170 valence electrons. The number of carbonyl (C=O) groups is 1. The van der Waals surface area contributed by atoms with Crippen LogP contribution in [0.25, 0.3) is 11.0 Å². The monoisotopic (exact) mass is 433 g/mol. The highest BCUT2D eigenvalue weighted by atomic mass is 16.4. The van der Waals surface area contributed by atoms with Gasteiger partial charge >= 0.3 is 5.97 Å². The molecule has 1 aliphatic carbocycles. The fourth-order valence-corrected chi connectivity index (χ4v) is 5.36. The van der Waals surface area contributed by atoms with Crippen molar-refractivity contribution in [3.8, 4) is 0 Å². The standard InChI is InChI=1S/C27H35N3O2/c1-17-13-21(16-27(5,6)15-17)30-23-12-7-18(24(31)32)14-22(23)29-25(30)28-20-10-8-19(9-11-20)26(2,3)4/h7-12,14,17,21H,13,15-16H2,1-6H3,(H,28,29)(H,31,32)/t17-,21+/m0/s1. The van der Waals surface area contributed by atoms with Gasteiger partial charge in [0.1, 0.15) is 0 Å². The van der Waals surface area contributed by atoms with Crippen LogP contribution in [0.4, 0.5) is 11.6 Å². The van der Waals surface area contributed by atoms with E-state index in [1.807, 2.05) is 6.07 Å². The SMILES string of the molecule is C[C@H]1C[C@@H](n2c(Nc3ccc(C(C)(C)C)cc3)nc3cc(C(=O)O)ccc32)CC(C)(C)C1. The normalized spacial score (nSPS) is 20.9. The molecule has 2 atom stereocenters. The molecule has 0 saturated heterocycles. The molecule has 0 unspecified atom stereocenters. The van der Waals surface area contributed by atoms with Gasteiger partial charge in [-0.2, -0.15) is 0 Å². The zero-order valence-electron chi connectivity index (χ0n) is 20.1. The van der Waals surface area contributed by atoms with Crippen LogP contribution in [0.5, 0.6) is 0 Å². The van der Waals surface area contributed by atoms with Crippen LogP contribution >= 0.6 is 0 Å². The van der Waals surface area contributed by atoms with E-state index in [1.54, 1.807) is 12.1 Å². The van der Waals surface area contributed by atoms with Crippen molar-refractivity contribution in [1.82, 2.24) is 9.55 Å². The number of carboxylic acids is 1. The van der Waals surface area contributed by atoms with Gasteiger partial charge in [-0.3, -0.25) is 0 Å². The lowest BCUT2D eigenvalue weighted by atomic mass is 9.70. The molecule has 0 amide bonds. The van der Waals surface area contributed by atoms with Crippen molar-refractivity contribution >= 4 is 28.6 Å². The number of hydrogen-bond donors (Lipinski definition) is 2. The van der Waals surface area contributed by atoms with Crippen LogP contribution in [0.1, 0.15) is 82.8 Å². The van der Waals surface area contributed by atoms with Crippen molar-refractivity contribution in [1.29, 1.82) is 0 Å². The summed E-state index contributed by atoms with van der Waals surface area (Å²) < 4.78 is 2.30. The van der Waals surface area contributed by atoms with E-state index in [0.29, 0.717) is 12.0 Å². The predicted molar refractivity (Wildman–Crippen MR) is 131 cm³/mol. The summed E-state index contributed by atoms with van der Waals surface area (Å²) in [5.41, 5.74) is 4.59. The number of carboxylic acid groups (broad SMARTS) is 1. The second-order valence-corrected chi connectivity index (χ2v) is 11.3. The zero-order chi connectivity index (χ0) is 23.3. The summed E-state index contributed by atoms with van der Waals surface area (Å²) >= 11 is 0. The third-order valence-corrected chi connectivity index (χ3v) is 6.67. The third kappa shape index (κ3) is 4.52. The van der Waals surface area contributed by atoms with Crippen LogP contribution in [0, 0.1) is 11.3 Å². The molecular weight excluding hydrogens is 398 g/mol. The first-order valence-corrected chi connectivity index (χ1v) is 11.6. The minimum Gasteiger partial charge on any atom is -0.478 e. The molecule has 1 aliphatic rings. The molecule has 3 aromatic rings. The van der Waals surface area contributed by atoms with Crippen LogP contribution in [0.2, 0.25) is 0 Å². The molecule has 0 aliphatic heterocycles. The topological polar surface area (TPSA) is 67.2 Å². The van der Waals surface area contributed by atoms with Gasteiger partial charge in [0.25, 0.3) is 0 Å². The molecule has 1 heterocycles. The highest BCUT2D eigenvalue weighted by molar-refractivity contribution is 5.93. The van der Waals surface area contributed by atoms with Crippen LogP contribution in [-0.2, 0) is 5.41 Å². The Morgan fingerprint density at radius 1 is 1.12 bits per heavy atom. The largest absolute Gasteiger partial charge is 0.478 e. The van der Waals surface area contributed by atoms with Crippen molar-refractivity contribution in [3.63, 3.8) is 0 Å². The number of fused-ring (bicyclic) bond motifs is 1. The van der Waals surface area contributed by atoms with Gasteiger partial charge in [0.2, 0.25) is 5.95 Å². The Balaban J connectivity index is 1.78. The van der Waals surface area contributed by atoms with Crippen LogP contribution in [-0.4, -0.2) is 20.6 Å². The summed E-state index contributed by atoms with van der Waals surface area (Å²) in [6, 6.07) is 14.1. The van der Waals surface area contributed by atoms with Gasteiger partial charge in [0.05, 0.1) is 16.6 Å². The minimum atomic E-state index is -0.929. The van der Waals surface area contributed by atoms with E-state index in [-0.39, 0.29) is 16.4 Å². The van der Waals surface area contributed by atoms with Gasteiger partial charge in [-0.05, 0) is 71.9 Å². The first-order chi connectivity index (χ1) is 14.9. The molecule has 0 spiro atoms. The number of imidazole rings is 1. The molecule has 1 aromatic heterocycles. The first kappa shape index (κ1) is 22.4. The van der Waals surface area contributed by atoms with Crippen molar-refractivity contribution in [3.05, 3.63) is 53.6 Å². The molecule has 32 heavy (non-hydrogen) atoms. The fraction of sp³-hybridized carbons (Fsp3) is 0.481. The van der Waals surface area contributed by atoms with E-state index in [9.17, 15) is 9.90 Å². The molecule has 5 nitrogen and oxygen atoms in total. The molecule has 0 bridgehead atoms. The highest BCUT2D eigenvalue weighted by Gasteiger charge is 2.34. The highest BCUT2D eigenvalue weighted by Crippen LogP contribution is 2.46. The second kappa shape index (κ2) is 7.95. The third-order valence-electron chi connectivity index (χ3n) is 6.67. The van der Waals surface area contributed by atoms with E-state index in [2.05, 4.69) is 75.7 Å². The van der Waals surface area contributed by atoms with Crippen molar-refractivity contribution < 1.29 is 9.90 Å². The lowest BCUT2D eigenvalue weighted by Gasteiger charge is -2.40. The van der Waals surface area contributed by atoms with Gasteiger partial charge in [-0.1, -0.05) is 53.7 Å². The number of rotatable bonds is 4. The van der Waals surface area contributed by atoms with Crippen molar-refractivity contribution in [2.75, 3.05) is 5.32 Å². The molecule has 1 fully saturated rings.